The number of aromatic nitrogens is 2. The number of nitrogens with zero attached hydrogens (tertiary/aromatic N) is 2. The largest absolute Gasteiger partial charge is 0.394 e. The second-order valence-corrected chi connectivity index (χ2v) is 5.28. The van der Waals surface area contributed by atoms with Crippen LogP contribution in [0.1, 0.15) is 44.7 Å². The van der Waals surface area contributed by atoms with Gasteiger partial charge in [-0.1, -0.05) is 13.8 Å². The van der Waals surface area contributed by atoms with Crippen LogP contribution in [0.4, 0.5) is 11.5 Å². The highest BCUT2D eigenvalue weighted by Crippen LogP contribution is 2.27. The van der Waals surface area contributed by atoms with Gasteiger partial charge in [0, 0.05) is 20.2 Å². The zero-order valence-electron chi connectivity index (χ0n) is 11.6. The maximum Gasteiger partial charge on any atom is 0.147 e. The van der Waals surface area contributed by atoms with Crippen LogP contribution >= 0.6 is 0 Å². The smallest absolute Gasteiger partial charge is 0.147 e. The van der Waals surface area contributed by atoms with Gasteiger partial charge < -0.3 is 15.8 Å². The first-order chi connectivity index (χ1) is 8.59. The molecule has 102 valence electrons. The Bertz CT molecular complexity index is 394. The van der Waals surface area contributed by atoms with Crippen LogP contribution < -0.4 is 11.1 Å². The summed E-state index contributed by atoms with van der Waals surface area (Å²) in [6.07, 6.45) is 3.81. The van der Waals surface area contributed by atoms with Crippen LogP contribution in [-0.4, -0.2) is 29.0 Å². The predicted molar refractivity (Wildman–Crippen MR) is 73.8 cm³/mol. The van der Waals surface area contributed by atoms with Gasteiger partial charge in [0.25, 0.3) is 0 Å². The normalized spacial score (nSPS) is 19.7. The van der Waals surface area contributed by atoms with E-state index in [1.807, 2.05) is 11.7 Å². The number of nitrogen functional groups attached to an aromatic ring is 1. The van der Waals surface area contributed by atoms with E-state index in [1.165, 1.54) is 12.8 Å². The Balaban J connectivity index is 1.92. The molecule has 0 saturated carbocycles. The minimum atomic E-state index is 0.352. The van der Waals surface area contributed by atoms with E-state index in [0.29, 0.717) is 12.0 Å². The molecule has 1 aromatic rings. The second kappa shape index (κ2) is 5.61. The SMILES string of the molecule is CC(C)c1nn(C)c(NCCC2CCCO2)c1N. The van der Waals surface area contributed by atoms with Gasteiger partial charge in [0.2, 0.25) is 0 Å². The summed E-state index contributed by atoms with van der Waals surface area (Å²) in [5.41, 5.74) is 7.87. The van der Waals surface area contributed by atoms with E-state index in [9.17, 15) is 0 Å². The van der Waals surface area contributed by atoms with Gasteiger partial charge in [0.1, 0.15) is 5.82 Å². The molecule has 3 N–H and O–H groups in total. The molecule has 18 heavy (non-hydrogen) atoms. The lowest BCUT2D eigenvalue weighted by molar-refractivity contribution is 0.107. The maximum atomic E-state index is 6.12. The highest BCUT2D eigenvalue weighted by molar-refractivity contribution is 5.65. The van der Waals surface area contributed by atoms with E-state index in [4.69, 9.17) is 10.5 Å². The van der Waals surface area contributed by atoms with Gasteiger partial charge >= 0.3 is 0 Å². The molecule has 2 heterocycles. The number of rotatable bonds is 5. The summed E-state index contributed by atoms with van der Waals surface area (Å²) in [6, 6.07) is 0. The Labute approximate surface area is 109 Å². The standard InChI is InChI=1S/C13H24N4O/c1-9(2)12-11(14)13(17(3)16-12)15-7-6-10-5-4-8-18-10/h9-10,15H,4-8,14H2,1-3H3. The van der Waals surface area contributed by atoms with Crippen molar-refractivity contribution in [2.75, 3.05) is 24.2 Å². The monoisotopic (exact) mass is 252 g/mol. The molecule has 1 atom stereocenters. The summed E-state index contributed by atoms with van der Waals surface area (Å²) in [7, 11) is 1.93. The van der Waals surface area contributed by atoms with Crippen molar-refractivity contribution in [3.63, 3.8) is 0 Å². The third-order valence-electron chi connectivity index (χ3n) is 3.44. The van der Waals surface area contributed by atoms with Gasteiger partial charge in [-0.3, -0.25) is 4.68 Å². The van der Waals surface area contributed by atoms with E-state index in [-0.39, 0.29) is 0 Å². The van der Waals surface area contributed by atoms with Crippen molar-refractivity contribution in [2.24, 2.45) is 7.05 Å². The number of hydrogen-bond acceptors (Lipinski definition) is 4. The van der Waals surface area contributed by atoms with Crippen molar-refractivity contribution in [2.45, 2.75) is 45.1 Å². The van der Waals surface area contributed by atoms with Gasteiger partial charge in [-0.25, -0.2) is 0 Å². The van der Waals surface area contributed by atoms with Gasteiger partial charge in [-0.05, 0) is 25.2 Å². The summed E-state index contributed by atoms with van der Waals surface area (Å²) in [5.74, 6) is 1.28. The van der Waals surface area contributed by atoms with Crippen LogP contribution in [0.5, 0.6) is 0 Å². The molecule has 0 radical (unpaired) electrons. The number of nitrogens with two attached hydrogens (primary N) is 1. The van der Waals surface area contributed by atoms with Crippen LogP contribution in [0.15, 0.2) is 0 Å². The molecule has 5 nitrogen and oxygen atoms in total. The lowest BCUT2D eigenvalue weighted by Gasteiger charge is -2.11. The number of ether oxygens (including phenoxy) is 1. The minimum Gasteiger partial charge on any atom is -0.394 e. The van der Waals surface area contributed by atoms with E-state index in [0.717, 1.165) is 36.8 Å². The Morgan fingerprint density at radius 1 is 1.56 bits per heavy atom. The average Bonchev–Trinajstić information content (AvgIpc) is 2.91. The molecule has 0 bridgehead atoms. The topological polar surface area (TPSA) is 65.1 Å². The number of nitrogens with one attached hydrogen (secondary N) is 1. The molecule has 1 saturated heterocycles. The minimum absolute atomic E-state index is 0.352. The molecule has 1 unspecified atom stereocenters. The van der Waals surface area contributed by atoms with Gasteiger partial charge in [0.15, 0.2) is 0 Å². The van der Waals surface area contributed by atoms with Crippen molar-refractivity contribution < 1.29 is 4.74 Å². The Hall–Kier alpha value is -1.23. The van der Waals surface area contributed by atoms with E-state index >= 15 is 0 Å². The molecule has 5 heteroatoms. The third-order valence-corrected chi connectivity index (χ3v) is 3.44. The zero-order chi connectivity index (χ0) is 13.1. The molecule has 2 rings (SSSR count). The maximum absolute atomic E-state index is 6.12. The van der Waals surface area contributed by atoms with Crippen molar-refractivity contribution in [1.82, 2.24) is 9.78 Å². The fourth-order valence-corrected chi connectivity index (χ4v) is 2.42. The zero-order valence-corrected chi connectivity index (χ0v) is 11.6. The van der Waals surface area contributed by atoms with Crippen LogP contribution in [0, 0.1) is 0 Å². The van der Waals surface area contributed by atoms with Crippen LogP contribution in [0.2, 0.25) is 0 Å². The van der Waals surface area contributed by atoms with Crippen LogP contribution in [-0.2, 0) is 11.8 Å². The molecule has 1 aliphatic heterocycles. The molecular weight excluding hydrogens is 228 g/mol. The second-order valence-electron chi connectivity index (χ2n) is 5.28. The van der Waals surface area contributed by atoms with Crippen molar-refractivity contribution in [3.8, 4) is 0 Å². The van der Waals surface area contributed by atoms with Crippen molar-refractivity contribution in [3.05, 3.63) is 5.69 Å². The summed E-state index contributed by atoms with van der Waals surface area (Å²) in [4.78, 5) is 0. The fraction of sp³-hybridized carbons (Fsp3) is 0.769. The summed E-state index contributed by atoms with van der Waals surface area (Å²) in [6.45, 7) is 6.01. The third kappa shape index (κ3) is 2.77. The molecule has 0 amide bonds. The molecule has 1 aromatic heterocycles. The first kappa shape index (κ1) is 13.2. The molecule has 0 aliphatic carbocycles. The Morgan fingerprint density at radius 3 is 2.89 bits per heavy atom. The quantitative estimate of drug-likeness (QED) is 0.842. The molecule has 0 aromatic carbocycles. The van der Waals surface area contributed by atoms with Gasteiger partial charge in [0.05, 0.1) is 17.5 Å². The van der Waals surface area contributed by atoms with Crippen LogP contribution in [0.3, 0.4) is 0 Å². The van der Waals surface area contributed by atoms with Crippen LogP contribution in [0.25, 0.3) is 0 Å². The molecule has 1 fully saturated rings. The van der Waals surface area contributed by atoms with E-state index < -0.39 is 0 Å². The Morgan fingerprint density at radius 2 is 2.33 bits per heavy atom. The van der Waals surface area contributed by atoms with Crippen molar-refractivity contribution in [1.29, 1.82) is 0 Å². The fourth-order valence-electron chi connectivity index (χ4n) is 2.42. The summed E-state index contributed by atoms with van der Waals surface area (Å²) in [5, 5.41) is 7.84. The van der Waals surface area contributed by atoms with Gasteiger partial charge in [-0.2, -0.15) is 5.10 Å². The summed E-state index contributed by atoms with van der Waals surface area (Å²) < 4.78 is 7.43. The first-order valence-electron chi connectivity index (χ1n) is 6.77. The Kier molecular flexibility index (Phi) is 4.11. The number of hydrogen-bond donors (Lipinski definition) is 2. The van der Waals surface area contributed by atoms with E-state index in [1.54, 1.807) is 0 Å². The highest BCUT2D eigenvalue weighted by atomic mass is 16.5. The lowest BCUT2D eigenvalue weighted by Crippen LogP contribution is -2.14. The van der Waals surface area contributed by atoms with E-state index in [2.05, 4.69) is 24.3 Å². The molecule has 1 aliphatic rings. The predicted octanol–water partition coefficient (Wildman–Crippen LogP) is 2.11. The average molecular weight is 252 g/mol. The summed E-state index contributed by atoms with van der Waals surface area (Å²) >= 11 is 0. The van der Waals surface area contributed by atoms with Gasteiger partial charge in [-0.15, -0.1) is 0 Å². The van der Waals surface area contributed by atoms with Crippen molar-refractivity contribution >= 4 is 11.5 Å². The highest BCUT2D eigenvalue weighted by Gasteiger charge is 2.17. The molecule has 0 spiro atoms. The number of aryl methyl sites for hydroxylation is 1. The molecular formula is C13H24N4O. The lowest BCUT2D eigenvalue weighted by atomic mass is 10.1. The first-order valence-corrected chi connectivity index (χ1v) is 6.77. The number of anilines is 2.